The second kappa shape index (κ2) is 5.61. The Bertz CT molecular complexity index is 594. The van der Waals surface area contributed by atoms with E-state index in [9.17, 15) is 10.2 Å². The van der Waals surface area contributed by atoms with Gasteiger partial charge in [0.25, 0.3) is 0 Å². The van der Waals surface area contributed by atoms with Crippen LogP contribution in [-0.2, 0) is 6.54 Å². The van der Waals surface area contributed by atoms with Crippen LogP contribution in [0.5, 0.6) is 0 Å². The molecule has 1 aliphatic heterocycles. The highest BCUT2D eigenvalue weighted by molar-refractivity contribution is 9.10. The molecule has 2 atom stereocenters. The normalized spacial score (nSPS) is 23.4. The van der Waals surface area contributed by atoms with Crippen LogP contribution in [0.4, 0.5) is 0 Å². The highest BCUT2D eigenvalue weighted by Gasteiger charge is 2.30. The Labute approximate surface area is 124 Å². The summed E-state index contributed by atoms with van der Waals surface area (Å²) in [5.74, 6) is 1.00. The topological polar surface area (TPSA) is 82.6 Å². The third-order valence-electron chi connectivity index (χ3n) is 3.24. The molecule has 0 bridgehead atoms. The van der Waals surface area contributed by atoms with Gasteiger partial charge in [0.2, 0.25) is 11.7 Å². The van der Waals surface area contributed by atoms with Gasteiger partial charge in [-0.3, -0.25) is 4.90 Å². The summed E-state index contributed by atoms with van der Waals surface area (Å²) < 4.78 is 6.16. The van der Waals surface area contributed by atoms with E-state index in [1.54, 1.807) is 0 Å². The quantitative estimate of drug-likeness (QED) is 0.869. The van der Waals surface area contributed by atoms with Crippen molar-refractivity contribution in [1.82, 2.24) is 15.0 Å². The first-order valence-electron chi connectivity index (χ1n) is 6.29. The largest absolute Gasteiger partial charge is 0.389 e. The van der Waals surface area contributed by atoms with Crippen molar-refractivity contribution < 1.29 is 14.7 Å². The van der Waals surface area contributed by atoms with Gasteiger partial charge in [0.1, 0.15) is 0 Å². The molecule has 0 radical (unpaired) electrons. The van der Waals surface area contributed by atoms with E-state index in [0.717, 1.165) is 10.0 Å². The smallest absolute Gasteiger partial charge is 0.241 e. The number of likely N-dealkylation sites (tertiary alicyclic amines) is 1. The Hall–Kier alpha value is -1.28. The SMILES string of the molecule is OC1CN(Cc2nc(-c3cccc(Br)c3)no2)CC1O. The van der Waals surface area contributed by atoms with Gasteiger partial charge < -0.3 is 14.7 Å². The summed E-state index contributed by atoms with van der Waals surface area (Å²) in [6.07, 6.45) is -1.41. The first kappa shape index (κ1) is 13.7. The van der Waals surface area contributed by atoms with Crippen LogP contribution in [0.25, 0.3) is 11.4 Å². The van der Waals surface area contributed by atoms with E-state index in [4.69, 9.17) is 4.52 Å². The molecule has 2 N–H and O–H groups in total. The van der Waals surface area contributed by atoms with Gasteiger partial charge in [-0.25, -0.2) is 0 Å². The number of β-amino-alcohol motifs (C(OH)–C–C–N with tert-alkyl or cyclic N) is 2. The minimum absolute atomic E-state index is 0.412. The van der Waals surface area contributed by atoms with Gasteiger partial charge in [-0.2, -0.15) is 4.98 Å². The van der Waals surface area contributed by atoms with Crippen molar-refractivity contribution in [2.24, 2.45) is 0 Å². The van der Waals surface area contributed by atoms with Crippen molar-refractivity contribution >= 4 is 15.9 Å². The molecule has 6 nitrogen and oxygen atoms in total. The molecule has 3 rings (SSSR count). The molecular formula is C13H14BrN3O3. The molecule has 1 aromatic heterocycles. The summed E-state index contributed by atoms with van der Waals surface area (Å²) in [7, 11) is 0. The van der Waals surface area contributed by atoms with Gasteiger partial charge >= 0.3 is 0 Å². The molecule has 0 amide bonds. The van der Waals surface area contributed by atoms with Gasteiger partial charge in [-0.15, -0.1) is 0 Å². The molecule has 1 fully saturated rings. The van der Waals surface area contributed by atoms with E-state index in [-0.39, 0.29) is 0 Å². The number of hydrogen-bond donors (Lipinski definition) is 2. The summed E-state index contributed by atoms with van der Waals surface area (Å²) >= 11 is 3.40. The van der Waals surface area contributed by atoms with Crippen molar-refractivity contribution in [1.29, 1.82) is 0 Å². The molecule has 2 unspecified atom stereocenters. The van der Waals surface area contributed by atoms with Crippen LogP contribution in [0.15, 0.2) is 33.3 Å². The fourth-order valence-corrected chi connectivity index (χ4v) is 2.63. The minimum atomic E-state index is -0.706. The zero-order valence-electron chi connectivity index (χ0n) is 10.6. The van der Waals surface area contributed by atoms with Crippen LogP contribution in [-0.4, -0.2) is 50.6 Å². The number of rotatable bonds is 3. The van der Waals surface area contributed by atoms with Crippen LogP contribution in [0.1, 0.15) is 5.89 Å². The van der Waals surface area contributed by atoms with Crippen LogP contribution in [0.3, 0.4) is 0 Å². The van der Waals surface area contributed by atoms with E-state index < -0.39 is 12.2 Å². The number of aliphatic hydroxyl groups excluding tert-OH is 2. The Kier molecular flexibility index (Phi) is 3.84. The van der Waals surface area contributed by atoms with Crippen molar-refractivity contribution in [3.05, 3.63) is 34.6 Å². The maximum atomic E-state index is 9.50. The van der Waals surface area contributed by atoms with Crippen molar-refractivity contribution in [2.45, 2.75) is 18.8 Å². The number of hydrogen-bond acceptors (Lipinski definition) is 6. The number of halogens is 1. The van der Waals surface area contributed by atoms with Gasteiger partial charge in [-0.05, 0) is 12.1 Å². The van der Waals surface area contributed by atoms with Gasteiger partial charge in [0, 0.05) is 23.1 Å². The number of nitrogens with zero attached hydrogens (tertiary/aromatic N) is 3. The molecule has 0 aliphatic carbocycles. The van der Waals surface area contributed by atoms with Crippen molar-refractivity contribution in [3.8, 4) is 11.4 Å². The summed E-state index contributed by atoms with van der Waals surface area (Å²) in [6, 6.07) is 7.65. The van der Waals surface area contributed by atoms with Gasteiger partial charge in [-0.1, -0.05) is 33.2 Å². The summed E-state index contributed by atoms with van der Waals surface area (Å²) in [4.78, 5) is 6.21. The maximum Gasteiger partial charge on any atom is 0.241 e. The van der Waals surface area contributed by atoms with E-state index in [1.165, 1.54) is 0 Å². The fourth-order valence-electron chi connectivity index (χ4n) is 2.23. The summed E-state index contributed by atoms with van der Waals surface area (Å²) in [6.45, 7) is 1.25. The average molecular weight is 340 g/mol. The van der Waals surface area contributed by atoms with Crippen LogP contribution < -0.4 is 0 Å². The zero-order chi connectivity index (χ0) is 14.1. The first-order valence-corrected chi connectivity index (χ1v) is 7.08. The predicted molar refractivity (Wildman–Crippen MR) is 74.7 cm³/mol. The molecule has 0 saturated carbocycles. The monoisotopic (exact) mass is 339 g/mol. The standard InChI is InChI=1S/C13H14BrN3O3/c14-9-3-1-2-8(4-9)13-15-12(20-16-13)7-17-5-10(18)11(19)6-17/h1-4,10-11,18-19H,5-7H2. The van der Waals surface area contributed by atoms with Gasteiger partial charge in [0.05, 0.1) is 18.8 Å². The fraction of sp³-hybridized carbons (Fsp3) is 0.385. The maximum absolute atomic E-state index is 9.50. The Morgan fingerprint density at radius 2 is 2.05 bits per heavy atom. The lowest BCUT2D eigenvalue weighted by Gasteiger charge is -2.10. The highest BCUT2D eigenvalue weighted by Crippen LogP contribution is 2.21. The molecule has 2 heterocycles. The minimum Gasteiger partial charge on any atom is -0.389 e. The molecule has 0 spiro atoms. The van der Waals surface area contributed by atoms with Crippen LogP contribution in [0.2, 0.25) is 0 Å². The van der Waals surface area contributed by atoms with Crippen molar-refractivity contribution in [2.75, 3.05) is 13.1 Å². The zero-order valence-corrected chi connectivity index (χ0v) is 12.2. The number of aromatic nitrogens is 2. The molecule has 2 aromatic rings. The highest BCUT2D eigenvalue weighted by atomic mass is 79.9. The Morgan fingerprint density at radius 1 is 1.30 bits per heavy atom. The Balaban J connectivity index is 1.71. The van der Waals surface area contributed by atoms with E-state index >= 15 is 0 Å². The number of benzene rings is 1. The molecule has 20 heavy (non-hydrogen) atoms. The summed E-state index contributed by atoms with van der Waals surface area (Å²) in [5.41, 5.74) is 0.871. The van der Waals surface area contributed by atoms with Gasteiger partial charge in [0.15, 0.2) is 0 Å². The molecule has 7 heteroatoms. The van der Waals surface area contributed by atoms with Crippen molar-refractivity contribution in [3.63, 3.8) is 0 Å². The van der Waals surface area contributed by atoms with Crippen LogP contribution in [0, 0.1) is 0 Å². The average Bonchev–Trinajstić information content (AvgIpc) is 2.98. The first-order chi connectivity index (χ1) is 9.61. The lowest BCUT2D eigenvalue weighted by Crippen LogP contribution is -2.22. The number of aliphatic hydroxyl groups is 2. The second-order valence-corrected chi connectivity index (χ2v) is 5.77. The van der Waals surface area contributed by atoms with E-state index in [0.29, 0.717) is 31.3 Å². The third-order valence-corrected chi connectivity index (χ3v) is 3.74. The van der Waals surface area contributed by atoms with Crippen LogP contribution >= 0.6 is 15.9 Å². The lowest BCUT2D eigenvalue weighted by atomic mass is 10.2. The molecular weight excluding hydrogens is 326 g/mol. The lowest BCUT2D eigenvalue weighted by molar-refractivity contribution is 0.0572. The Morgan fingerprint density at radius 3 is 2.75 bits per heavy atom. The van der Waals surface area contributed by atoms with E-state index in [2.05, 4.69) is 26.1 Å². The molecule has 106 valence electrons. The second-order valence-electron chi connectivity index (χ2n) is 4.85. The molecule has 1 aromatic carbocycles. The predicted octanol–water partition coefficient (Wildman–Crippen LogP) is 1.04. The third kappa shape index (κ3) is 2.90. The molecule has 1 saturated heterocycles. The molecule has 1 aliphatic rings. The van der Waals surface area contributed by atoms with E-state index in [1.807, 2.05) is 29.2 Å². The summed E-state index contributed by atoms with van der Waals surface area (Å²) in [5, 5.41) is 22.9.